The molecule has 0 fully saturated rings. The van der Waals surface area contributed by atoms with Crippen LogP contribution in [-0.4, -0.2) is 24.2 Å². The third-order valence-corrected chi connectivity index (χ3v) is 1.98. The molecule has 86 valence electrons. The molecule has 0 saturated carbocycles. The van der Waals surface area contributed by atoms with Gasteiger partial charge in [0.15, 0.2) is 0 Å². The first-order valence-corrected chi connectivity index (χ1v) is 4.64. The number of nitriles is 1. The predicted octanol–water partition coefficient (Wildman–Crippen LogP) is 2.34. The van der Waals surface area contributed by atoms with Crippen molar-refractivity contribution in [1.82, 2.24) is 4.98 Å². The van der Waals surface area contributed by atoms with E-state index in [1.54, 1.807) is 13.0 Å². The first kappa shape index (κ1) is 12.3. The molecule has 0 atom stereocenters. The largest absolute Gasteiger partial charge is 0.405 e. The average Bonchev–Trinajstić information content (AvgIpc) is 2.25. The molecular formula is C10H10F3N3. The van der Waals surface area contributed by atoms with Gasteiger partial charge in [-0.1, -0.05) is 0 Å². The Bertz CT molecular complexity index is 395. The molecule has 1 rings (SSSR count). The highest BCUT2D eigenvalue weighted by Gasteiger charge is 2.30. The normalized spacial score (nSPS) is 10.9. The Labute approximate surface area is 91.1 Å². The lowest BCUT2D eigenvalue weighted by molar-refractivity contribution is -0.119. The Balaban J connectivity index is 2.91. The van der Waals surface area contributed by atoms with Crippen molar-refractivity contribution in [1.29, 1.82) is 5.26 Å². The van der Waals surface area contributed by atoms with Gasteiger partial charge in [0, 0.05) is 18.4 Å². The number of anilines is 1. The van der Waals surface area contributed by atoms with E-state index >= 15 is 0 Å². The van der Waals surface area contributed by atoms with Crippen LogP contribution in [0.4, 0.5) is 18.9 Å². The minimum Gasteiger partial charge on any atom is -0.363 e. The highest BCUT2D eigenvalue weighted by molar-refractivity contribution is 5.48. The number of aromatic nitrogens is 1. The van der Waals surface area contributed by atoms with Gasteiger partial charge in [-0.05, 0) is 19.1 Å². The highest BCUT2D eigenvalue weighted by atomic mass is 19.4. The molecular weight excluding hydrogens is 219 g/mol. The second kappa shape index (κ2) is 4.84. The molecule has 1 aromatic heterocycles. The lowest BCUT2D eigenvalue weighted by Gasteiger charge is -2.24. The molecule has 0 unspecified atom stereocenters. The minimum atomic E-state index is -4.26. The van der Waals surface area contributed by atoms with E-state index in [0.29, 0.717) is 5.69 Å². The topological polar surface area (TPSA) is 39.9 Å². The van der Waals surface area contributed by atoms with E-state index in [-0.39, 0.29) is 12.2 Å². The summed E-state index contributed by atoms with van der Waals surface area (Å²) in [6.45, 7) is 0.811. The molecule has 3 nitrogen and oxygen atoms in total. The van der Waals surface area contributed by atoms with Crippen LogP contribution in [0.2, 0.25) is 0 Å². The van der Waals surface area contributed by atoms with Crippen LogP contribution in [0.15, 0.2) is 18.3 Å². The molecule has 6 heteroatoms. The van der Waals surface area contributed by atoms with E-state index < -0.39 is 12.7 Å². The van der Waals surface area contributed by atoms with Crippen LogP contribution in [0.1, 0.15) is 12.6 Å². The SMILES string of the molecule is CCN(CC(F)(F)F)c1ccnc(C#N)c1. The summed E-state index contributed by atoms with van der Waals surface area (Å²) in [7, 11) is 0. The monoisotopic (exact) mass is 229 g/mol. The number of halogens is 3. The van der Waals surface area contributed by atoms with Crippen LogP contribution >= 0.6 is 0 Å². The average molecular weight is 229 g/mol. The zero-order valence-corrected chi connectivity index (χ0v) is 8.62. The molecule has 0 aliphatic heterocycles. The summed E-state index contributed by atoms with van der Waals surface area (Å²) in [6.07, 6.45) is -2.93. The van der Waals surface area contributed by atoms with E-state index in [4.69, 9.17) is 5.26 Å². The molecule has 1 heterocycles. The number of rotatable bonds is 3. The Hall–Kier alpha value is -1.77. The van der Waals surface area contributed by atoms with E-state index in [9.17, 15) is 13.2 Å². The third-order valence-electron chi connectivity index (χ3n) is 1.98. The molecule has 16 heavy (non-hydrogen) atoms. The maximum Gasteiger partial charge on any atom is 0.405 e. The lowest BCUT2D eigenvalue weighted by atomic mass is 10.3. The van der Waals surface area contributed by atoms with Gasteiger partial charge in [-0.2, -0.15) is 18.4 Å². The van der Waals surface area contributed by atoms with Crippen LogP contribution in [0.5, 0.6) is 0 Å². The van der Waals surface area contributed by atoms with Crippen molar-refractivity contribution in [2.24, 2.45) is 0 Å². The van der Waals surface area contributed by atoms with Gasteiger partial charge < -0.3 is 4.90 Å². The van der Waals surface area contributed by atoms with E-state index in [0.717, 1.165) is 4.90 Å². The second-order valence-electron chi connectivity index (χ2n) is 3.14. The molecule has 0 aliphatic carbocycles. The zero-order valence-electron chi connectivity index (χ0n) is 8.62. The van der Waals surface area contributed by atoms with Gasteiger partial charge in [0.1, 0.15) is 18.3 Å². The van der Waals surface area contributed by atoms with Gasteiger partial charge in [0.25, 0.3) is 0 Å². The predicted molar refractivity (Wildman–Crippen MR) is 52.9 cm³/mol. The highest BCUT2D eigenvalue weighted by Crippen LogP contribution is 2.21. The second-order valence-corrected chi connectivity index (χ2v) is 3.14. The van der Waals surface area contributed by atoms with Crippen molar-refractivity contribution in [2.75, 3.05) is 18.0 Å². The molecule has 1 aromatic rings. The van der Waals surface area contributed by atoms with Gasteiger partial charge in [-0.15, -0.1) is 0 Å². The summed E-state index contributed by atoms with van der Waals surface area (Å²) < 4.78 is 36.7. The summed E-state index contributed by atoms with van der Waals surface area (Å²) in [5.41, 5.74) is 0.462. The van der Waals surface area contributed by atoms with Crippen LogP contribution in [-0.2, 0) is 0 Å². The summed E-state index contributed by atoms with van der Waals surface area (Å²) >= 11 is 0. The number of nitrogens with zero attached hydrogens (tertiary/aromatic N) is 3. The smallest absolute Gasteiger partial charge is 0.363 e. The van der Waals surface area contributed by atoms with Gasteiger partial charge in [-0.25, -0.2) is 4.98 Å². The van der Waals surface area contributed by atoms with Crippen LogP contribution in [0, 0.1) is 11.3 Å². The van der Waals surface area contributed by atoms with Crippen molar-refractivity contribution in [3.05, 3.63) is 24.0 Å². The molecule has 0 saturated heterocycles. The summed E-state index contributed by atoms with van der Waals surface area (Å²) in [4.78, 5) is 4.84. The molecule has 0 N–H and O–H groups in total. The van der Waals surface area contributed by atoms with Crippen molar-refractivity contribution >= 4 is 5.69 Å². The van der Waals surface area contributed by atoms with Crippen LogP contribution < -0.4 is 4.90 Å². The van der Waals surface area contributed by atoms with Gasteiger partial charge in [0.05, 0.1) is 0 Å². The maximum absolute atomic E-state index is 12.2. The summed E-state index contributed by atoms with van der Waals surface area (Å²) in [5, 5.41) is 8.60. The van der Waals surface area contributed by atoms with E-state index in [1.165, 1.54) is 18.3 Å². The minimum absolute atomic E-state index is 0.109. The zero-order chi connectivity index (χ0) is 12.2. The van der Waals surface area contributed by atoms with E-state index in [1.807, 2.05) is 0 Å². The fourth-order valence-corrected chi connectivity index (χ4v) is 1.28. The number of hydrogen-bond donors (Lipinski definition) is 0. The summed E-state index contributed by atoms with van der Waals surface area (Å²) in [5.74, 6) is 0. The first-order chi connectivity index (χ1) is 7.46. The molecule has 0 spiro atoms. The van der Waals surface area contributed by atoms with Crippen molar-refractivity contribution in [3.8, 4) is 6.07 Å². The summed E-state index contributed by atoms with van der Waals surface area (Å²) in [6, 6.07) is 4.59. The maximum atomic E-state index is 12.2. The molecule has 0 radical (unpaired) electrons. The fourth-order valence-electron chi connectivity index (χ4n) is 1.28. The van der Waals surface area contributed by atoms with Crippen molar-refractivity contribution < 1.29 is 13.2 Å². The quantitative estimate of drug-likeness (QED) is 0.798. The Morgan fingerprint density at radius 3 is 2.69 bits per heavy atom. The lowest BCUT2D eigenvalue weighted by Crippen LogP contribution is -2.34. The third kappa shape index (κ3) is 3.42. The van der Waals surface area contributed by atoms with Crippen LogP contribution in [0.25, 0.3) is 0 Å². The first-order valence-electron chi connectivity index (χ1n) is 4.64. The number of alkyl halides is 3. The molecule has 0 bridgehead atoms. The number of hydrogen-bond acceptors (Lipinski definition) is 3. The molecule has 0 aromatic carbocycles. The van der Waals surface area contributed by atoms with Gasteiger partial charge in [0.2, 0.25) is 0 Å². The van der Waals surface area contributed by atoms with Gasteiger partial charge >= 0.3 is 6.18 Å². The number of pyridine rings is 1. The fraction of sp³-hybridized carbons (Fsp3) is 0.400. The van der Waals surface area contributed by atoms with Crippen LogP contribution in [0.3, 0.4) is 0 Å². The Morgan fingerprint density at radius 1 is 1.50 bits per heavy atom. The standard InChI is InChI=1S/C10H10F3N3/c1-2-16(7-10(11,12)13)9-3-4-15-8(5-9)6-14/h3-5H,2,7H2,1H3. The molecule has 0 aliphatic rings. The van der Waals surface area contributed by atoms with E-state index in [2.05, 4.69) is 4.98 Å². The Morgan fingerprint density at radius 2 is 2.19 bits per heavy atom. The molecule has 0 amide bonds. The van der Waals surface area contributed by atoms with Crippen molar-refractivity contribution in [2.45, 2.75) is 13.1 Å². The Kier molecular flexibility index (Phi) is 3.72. The van der Waals surface area contributed by atoms with Gasteiger partial charge in [-0.3, -0.25) is 0 Å². The van der Waals surface area contributed by atoms with Crippen molar-refractivity contribution in [3.63, 3.8) is 0 Å².